The maximum absolute atomic E-state index is 12.8. The van der Waals surface area contributed by atoms with Crippen molar-refractivity contribution in [2.45, 2.75) is 19.5 Å². The van der Waals surface area contributed by atoms with Gasteiger partial charge in [-0.2, -0.15) is 13.2 Å². The van der Waals surface area contributed by atoms with E-state index in [2.05, 4.69) is 0 Å². The zero-order valence-electron chi connectivity index (χ0n) is 12.6. The molecule has 0 aliphatic rings. The van der Waals surface area contributed by atoms with Gasteiger partial charge in [-0.05, 0) is 24.3 Å². The number of nitrogens with zero attached hydrogens (tertiary/aromatic N) is 1. The van der Waals surface area contributed by atoms with Gasteiger partial charge in [-0.3, -0.25) is 19.0 Å². The summed E-state index contributed by atoms with van der Waals surface area (Å²) in [5.74, 6) is -1.44. The van der Waals surface area contributed by atoms with Crippen LogP contribution in [0.2, 0.25) is 0 Å². The summed E-state index contributed by atoms with van der Waals surface area (Å²) in [6, 6.07) is 5.06. The van der Waals surface area contributed by atoms with E-state index in [1.54, 1.807) is 6.92 Å². The van der Waals surface area contributed by atoms with E-state index < -0.39 is 28.8 Å². The van der Waals surface area contributed by atoms with Crippen LogP contribution in [0, 0.1) is 0 Å². The molecule has 0 fully saturated rings. The molecule has 1 amide bonds. The highest BCUT2D eigenvalue weighted by Gasteiger charge is 2.30. The number of ketones is 1. The number of hydrogen-bond acceptors (Lipinski definition) is 3. The highest BCUT2D eigenvalue weighted by Crippen LogP contribution is 2.30. The minimum Gasteiger partial charge on any atom is -0.365 e. The molecule has 0 saturated carbocycles. The van der Waals surface area contributed by atoms with E-state index in [1.165, 1.54) is 6.07 Å². The molecule has 24 heavy (non-hydrogen) atoms. The lowest BCUT2D eigenvalue weighted by molar-refractivity contribution is -0.137. The van der Waals surface area contributed by atoms with Crippen molar-refractivity contribution in [3.05, 3.63) is 63.6 Å². The molecule has 8 heteroatoms. The van der Waals surface area contributed by atoms with Gasteiger partial charge in [0.2, 0.25) is 0 Å². The molecule has 0 saturated heterocycles. The largest absolute Gasteiger partial charge is 0.416 e. The van der Waals surface area contributed by atoms with Gasteiger partial charge in [-0.1, -0.05) is 13.0 Å². The number of carbonyl (C=O) groups excluding carboxylic acids is 2. The van der Waals surface area contributed by atoms with Crippen LogP contribution in [0.15, 0.2) is 41.3 Å². The molecule has 0 aliphatic carbocycles. The fourth-order valence-electron chi connectivity index (χ4n) is 2.14. The molecule has 1 heterocycles. The second-order valence-corrected chi connectivity index (χ2v) is 5.01. The third kappa shape index (κ3) is 3.37. The van der Waals surface area contributed by atoms with Crippen molar-refractivity contribution in [2.75, 3.05) is 0 Å². The van der Waals surface area contributed by atoms with Crippen molar-refractivity contribution in [2.24, 2.45) is 5.73 Å². The van der Waals surface area contributed by atoms with E-state index >= 15 is 0 Å². The Morgan fingerprint density at radius 2 is 1.88 bits per heavy atom. The normalized spacial score (nSPS) is 11.3. The summed E-state index contributed by atoms with van der Waals surface area (Å²) in [7, 11) is 0. The summed E-state index contributed by atoms with van der Waals surface area (Å²) in [6.45, 7) is 1.58. The van der Waals surface area contributed by atoms with Crippen LogP contribution in [0.3, 0.4) is 0 Å². The van der Waals surface area contributed by atoms with E-state index in [-0.39, 0.29) is 23.5 Å². The van der Waals surface area contributed by atoms with Gasteiger partial charge in [0, 0.05) is 23.9 Å². The van der Waals surface area contributed by atoms with Crippen LogP contribution in [0.1, 0.15) is 39.6 Å². The predicted molar refractivity (Wildman–Crippen MR) is 80.2 cm³/mol. The number of primary amides is 1. The van der Waals surface area contributed by atoms with Gasteiger partial charge in [0.25, 0.3) is 11.5 Å². The first kappa shape index (κ1) is 17.5. The Morgan fingerprint density at radius 1 is 1.21 bits per heavy atom. The van der Waals surface area contributed by atoms with Gasteiger partial charge in [-0.15, -0.1) is 0 Å². The number of halogens is 3. The van der Waals surface area contributed by atoms with Crippen molar-refractivity contribution >= 4 is 11.7 Å². The Kier molecular flexibility index (Phi) is 4.59. The van der Waals surface area contributed by atoms with Crippen molar-refractivity contribution in [1.29, 1.82) is 0 Å². The Morgan fingerprint density at radius 3 is 2.42 bits per heavy atom. The summed E-state index contributed by atoms with van der Waals surface area (Å²) in [5, 5.41) is 0. The van der Waals surface area contributed by atoms with Crippen molar-refractivity contribution in [1.82, 2.24) is 4.57 Å². The van der Waals surface area contributed by atoms with E-state index in [4.69, 9.17) is 5.73 Å². The standard InChI is InChI=1S/C16H13F3N2O3/c1-2-13(22)9-6-12(14(20)23)15(24)21(8-9)11-5-3-4-10(7-11)16(17,18)19/h3-8H,2H2,1H3,(H2,20,23). The second kappa shape index (κ2) is 6.31. The van der Waals surface area contributed by atoms with Gasteiger partial charge in [0.1, 0.15) is 5.56 Å². The SMILES string of the molecule is CCC(=O)c1cc(C(N)=O)c(=O)n(-c2cccc(C(F)(F)F)c2)c1. The van der Waals surface area contributed by atoms with Crippen molar-refractivity contribution in [3.8, 4) is 5.69 Å². The number of nitrogens with two attached hydrogens (primary N) is 1. The number of carbonyl (C=O) groups is 2. The molecule has 0 spiro atoms. The number of rotatable bonds is 4. The number of Topliss-reactive ketones (excluding diaryl/α,β-unsaturated/α-hetero) is 1. The summed E-state index contributed by atoms with van der Waals surface area (Å²) in [4.78, 5) is 35.6. The molecule has 1 aromatic carbocycles. The summed E-state index contributed by atoms with van der Waals surface area (Å²) in [6.07, 6.45) is -3.39. The van der Waals surface area contributed by atoms with E-state index in [0.717, 1.165) is 35.0 Å². The van der Waals surface area contributed by atoms with Gasteiger partial charge in [-0.25, -0.2) is 0 Å². The summed E-state index contributed by atoms with van der Waals surface area (Å²) < 4.78 is 39.3. The minimum absolute atomic E-state index is 0.0170. The molecule has 126 valence electrons. The molecule has 5 nitrogen and oxygen atoms in total. The number of aromatic nitrogens is 1. The molecule has 1 aromatic heterocycles. The Bertz CT molecular complexity index is 870. The molecule has 0 unspecified atom stereocenters. The smallest absolute Gasteiger partial charge is 0.365 e. The van der Waals surface area contributed by atoms with Crippen molar-refractivity contribution in [3.63, 3.8) is 0 Å². The van der Waals surface area contributed by atoms with E-state index in [0.29, 0.717) is 0 Å². The quantitative estimate of drug-likeness (QED) is 0.870. The third-order valence-corrected chi connectivity index (χ3v) is 3.38. The topological polar surface area (TPSA) is 82.2 Å². The zero-order chi connectivity index (χ0) is 18.1. The van der Waals surface area contributed by atoms with E-state index in [1.807, 2.05) is 0 Å². The zero-order valence-corrected chi connectivity index (χ0v) is 12.6. The molecule has 2 aromatic rings. The molecule has 0 aliphatic heterocycles. The lowest BCUT2D eigenvalue weighted by atomic mass is 10.1. The predicted octanol–water partition coefficient (Wildman–Crippen LogP) is 2.55. The summed E-state index contributed by atoms with van der Waals surface area (Å²) >= 11 is 0. The third-order valence-electron chi connectivity index (χ3n) is 3.38. The number of benzene rings is 1. The second-order valence-electron chi connectivity index (χ2n) is 5.01. The number of hydrogen-bond donors (Lipinski definition) is 1. The maximum atomic E-state index is 12.8. The van der Waals surface area contributed by atoms with Crippen LogP contribution in [-0.2, 0) is 6.18 Å². The molecule has 0 atom stereocenters. The van der Waals surface area contributed by atoms with Gasteiger partial charge < -0.3 is 5.73 Å². The van der Waals surface area contributed by atoms with Crippen LogP contribution in [-0.4, -0.2) is 16.3 Å². The minimum atomic E-state index is -4.59. The maximum Gasteiger partial charge on any atom is 0.416 e. The first-order chi connectivity index (χ1) is 11.1. The molecular formula is C16H13F3N2O3. The fraction of sp³-hybridized carbons (Fsp3) is 0.188. The average molecular weight is 338 g/mol. The number of amides is 1. The Balaban J connectivity index is 2.74. The van der Waals surface area contributed by atoms with Gasteiger partial charge in [0.15, 0.2) is 5.78 Å². The van der Waals surface area contributed by atoms with Crippen LogP contribution in [0.4, 0.5) is 13.2 Å². The molecular weight excluding hydrogens is 325 g/mol. The molecule has 0 radical (unpaired) electrons. The molecule has 0 bridgehead atoms. The van der Waals surface area contributed by atoms with Gasteiger partial charge >= 0.3 is 6.18 Å². The fourth-order valence-corrected chi connectivity index (χ4v) is 2.14. The lowest BCUT2D eigenvalue weighted by Crippen LogP contribution is -2.29. The van der Waals surface area contributed by atoms with Crippen LogP contribution in [0.5, 0.6) is 0 Å². The van der Waals surface area contributed by atoms with Crippen molar-refractivity contribution < 1.29 is 22.8 Å². The Hall–Kier alpha value is -2.90. The first-order valence-corrected chi connectivity index (χ1v) is 6.92. The van der Waals surface area contributed by atoms with Gasteiger partial charge in [0.05, 0.1) is 5.56 Å². The van der Waals surface area contributed by atoms with Crippen LogP contribution < -0.4 is 11.3 Å². The summed E-state index contributed by atoms with van der Waals surface area (Å²) in [5.41, 5.74) is 2.70. The average Bonchev–Trinajstić information content (AvgIpc) is 2.53. The molecule has 2 N–H and O–H groups in total. The van der Waals surface area contributed by atoms with E-state index in [9.17, 15) is 27.6 Å². The number of pyridine rings is 1. The highest BCUT2D eigenvalue weighted by molar-refractivity contribution is 5.99. The highest BCUT2D eigenvalue weighted by atomic mass is 19.4. The lowest BCUT2D eigenvalue weighted by Gasteiger charge is -2.12. The molecule has 2 rings (SSSR count). The van der Waals surface area contributed by atoms with Crippen LogP contribution in [0.25, 0.3) is 5.69 Å². The van der Waals surface area contributed by atoms with Crippen LogP contribution >= 0.6 is 0 Å². The number of alkyl halides is 3. The Labute approximate surface area is 134 Å². The first-order valence-electron chi connectivity index (χ1n) is 6.92. The monoisotopic (exact) mass is 338 g/mol.